The summed E-state index contributed by atoms with van der Waals surface area (Å²) in [5.41, 5.74) is 0.286. The SMILES string of the molecule is Cn1nnc(CC2(C#N)CCOc3ccccc32)n1. The second-order valence-electron chi connectivity index (χ2n) is 4.66. The van der Waals surface area contributed by atoms with Gasteiger partial charge in [-0.2, -0.15) is 10.1 Å². The highest BCUT2D eigenvalue weighted by Gasteiger charge is 2.39. The van der Waals surface area contributed by atoms with Crippen LogP contribution in [-0.2, 0) is 18.9 Å². The molecule has 0 spiro atoms. The van der Waals surface area contributed by atoms with E-state index in [9.17, 15) is 5.26 Å². The summed E-state index contributed by atoms with van der Waals surface area (Å²) in [6.45, 7) is 0.533. The Hall–Kier alpha value is -2.42. The van der Waals surface area contributed by atoms with Gasteiger partial charge in [-0.25, -0.2) is 0 Å². The number of benzene rings is 1. The molecule has 0 fully saturated rings. The lowest BCUT2D eigenvalue weighted by molar-refractivity contribution is 0.240. The smallest absolute Gasteiger partial charge is 0.176 e. The molecule has 1 unspecified atom stereocenters. The van der Waals surface area contributed by atoms with Crippen LogP contribution < -0.4 is 4.74 Å². The van der Waals surface area contributed by atoms with Crippen LogP contribution >= 0.6 is 0 Å². The minimum Gasteiger partial charge on any atom is -0.493 e. The van der Waals surface area contributed by atoms with Gasteiger partial charge in [-0.1, -0.05) is 18.2 Å². The molecule has 0 saturated carbocycles. The van der Waals surface area contributed by atoms with Crippen molar-refractivity contribution in [3.63, 3.8) is 0 Å². The lowest BCUT2D eigenvalue weighted by atomic mass is 9.74. The highest BCUT2D eigenvalue weighted by Crippen LogP contribution is 2.40. The number of aryl methyl sites for hydroxylation is 1. The summed E-state index contributed by atoms with van der Waals surface area (Å²) in [5, 5.41) is 21.6. The van der Waals surface area contributed by atoms with E-state index >= 15 is 0 Å². The van der Waals surface area contributed by atoms with Crippen molar-refractivity contribution < 1.29 is 4.74 Å². The van der Waals surface area contributed by atoms with E-state index in [2.05, 4.69) is 21.5 Å². The van der Waals surface area contributed by atoms with Crippen molar-refractivity contribution in [3.05, 3.63) is 35.7 Å². The van der Waals surface area contributed by atoms with E-state index < -0.39 is 5.41 Å². The van der Waals surface area contributed by atoms with Crippen molar-refractivity contribution in [1.29, 1.82) is 5.26 Å². The van der Waals surface area contributed by atoms with Gasteiger partial charge >= 0.3 is 0 Å². The maximum Gasteiger partial charge on any atom is 0.176 e. The second-order valence-corrected chi connectivity index (χ2v) is 4.66. The fourth-order valence-corrected chi connectivity index (χ4v) is 2.46. The van der Waals surface area contributed by atoms with Crippen molar-refractivity contribution in [2.24, 2.45) is 7.05 Å². The van der Waals surface area contributed by atoms with Gasteiger partial charge in [0.05, 0.1) is 25.1 Å². The molecule has 19 heavy (non-hydrogen) atoms. The summed E-state index contributed by atoms with van der Waals surface area (Å²) in [7, 11) is 1.72. The Kier molecular flexibility index (Phi) is 2.67. The third kappa shape index (κ3) is 1.93. The third-order valence-electron chi connectivity index (χ3n) is 3.41. The molecule has 0 aliphatic carbocycles. The molecule has 96 valence electrons. The van der Waals surface area contributed by atoms with Crippen LogP contribution in [0.4, 0.5) is 0 Å². The van der Waals surface area contributed by atoms with E-state index in [-0.39, 0.29) is 0 Å². The van der Waals surface area contributed by atoms with Crippen LogP contribution in [0.2, 0.25) is 0 Å². The summed E-state index contributed by atoms with van der Waals surface area (Å²) >= 11 is 0. The van der Waals surface area contributed by atoms with Gasteiger partial charge in [0.2, 0.25) is 0 Å². The molecule has 0 saturated heterocycles. The first-order chi connectivity index (χ1) is 9.23. The van der Waals surface area contributed by atoms with Crippen molar-refractivity contribution in [1.82, 2.24) is 20.2 Å². The predicted octanol–water partition coefficient (Wildman–Crippen LogP) is 0.997. The van der Waals surface area contributed by atoms with Gasteiger partial charge in [0.25, 0.3) is 0 Å². The molecule has 1 aromatic heterocycles. The number of rotatable bonds is 2. The lowest BCUT2D eigenvalue weighted by Crippen LogP contribution is -2.34. The Morgan fingerprint density at radius 1 is 1.47 bits per heavy atom. The number of ether oxygens (including phenoxy) is 1. The highest BCUT2D eigenvalue weighted by molar-refractivity contribution is 5.46. The number of nitriles is 1. The number of aromatic nitrogens is 4. The summed E-state index contributed by atoms with van der Waals surface area (Å²) in [6.07, 6.45) is 1.09. The van der Waals surface area contributed by atoms with Crippen LogP contribution in [0.15, 0.2) is 24.3 Å². The van der Waals surface area contributed by atoms with Crippen LogP contribution in [0, 0.1) is 11.3 Å². The topological polar surface area (TPSA) is 76.6 Å². The molecule has 0 radical (unpaired) electrons. The molecule has 1 aliphatic rings. The molecule has 2 aromatic rings. The Labute approximate surface area is 110 Å². The fraction of sp³-hybridized carbons (Fsp3) is 0.385. The zero-order chi connectivity index (χ0) is 13.3. The predicted molar refractivity (Wildman–Crippen MR) is 66.3 cm³/mol. The van der Waals surface area contributed by atoms with Crippen molar-refractivity contribution in [2.45, 2.75) is 18.3 Å². The molecule has 1 atom stereocenters. The number of tetrazole rings is 1. The highest BCUT2D eigenvalue weighted by atomic mass is 16.5. The van der Waals surface area contributed by atoms with Gasteiger partial charge in [0.15, 0.2) is 5.82 Å². The maximum absolute atomic E-state index is 9.67. The zero-order valence-electron chi connectivity index (χ0n) is 10.6. The fourth-order valence-electron chi connectivity index (χ4n) is 2.46. The van der Waals surface area contributed by atoms with E-state index in [0.717, 1.165) is 11.3 Å². The molecule has 3 rings (SSSR count). The molecule has 6 heteroatoms. The largest absolute Gasteiger partial charge is 0.493 e. The van der Waals surface area contributed by atoms with Crippen molar-refractivity contribution >= 4 is 0 Å². The van der Waals surface area contributed by atoms with Gasteiger partial charge < -0.3 is 4.74 Å². The number of para-hydroxylation sites is 1. The minimum absolute atomic E-state index is 0.456. The third-order valence-corrected chi connectivity index (χ3v) is 3.41. The first kappa shape index (κ1) is 11.7. The van der Waals surface area contributed by atoms with Crippen LogP contribution in [-0.4, -0.2) is 26.8 Å². The van der Waals surface area contributed by atoms with E-state index in [0.29, 0.717) is 25.3 Å². The van der Waals surface area contributed by atoms with E-state index in [1.54, 1.807) is 7.05 Å². The Morgan fingerprint density at radius 2 is 2.32 bits per heavy atom. The average Bonchev–Trinajstić information content (AvgIpc) is 2.84. The van der Waals surface area contributed by atoms with Gasteiger partial charge in [-0.15, -0.1) is 10.2 Å². The average molecular weight is 255 g/mol. The van der Waals surface area contributed by atoms with Crippen LogP contribution in [0.1, 0.15) is 17.8 Å². The number of fused-ring (bicyclic) bond motifs is 1. The summed E-state index contributed by atoms with van der Waals surface area (Å²) in [4.78, 5) is 1.41. The molecule has 0 bridgehead atoms. The quantitative estimate of drug-likeness (QED) is 0.800. The molecule has 1 aliphatic heterocycles. The van der Waals surface area contributed by atoms with Crippen LogP contribution in [0.25, 0.3) is 0 Å². The lowest BCUT2D eigenvalue weighted by Gasteiger charge is -2.32. The maximum atomic E-state index is 9.67. The second kappa shape index (κ2) is 4.35. The molecule has 6 nitrogen and oxygen atoms in total. The molecule has 1 aromatic carbocycles. The van der Waals surface area contributed by atoms with E-state index in [1.807, 2.05) is 24.3 Å². The van der Waals surface area contributed by atoms with Gasteiger partial charge in [-0.05, 0) is 11.3 Å². The molecule has 0 N–H and O–H groups in total. The van der Waals surface area contributed by atoms with Gasteiger partial charge in [0, 0.05) is 18.4 Å². The summed E-state index contributed by atoms with van der Waals surface area (Å²) in [6, 6.07) is 10.1. The number of hydrogen-bond donors (Lipinski definition) is 0. The molecule has 0 amide bonds. The zero-order valence-corrected chi connectivity index (χ0v) is 10.6. The van der Waals surface area contributed by atoms with Crippen molar-refractivity contribution in [3.8, 4) is 11.8 Å². The standard InChI is InChI=1S/C13H13N5O/c1-18-16-12(15-17-18)8-13(9-14)6-7-19-11-5-3-2-4-10(11)13/h2-5H,6-8H2,1H3. The van der Waals surface area contributed by atoms with Crippen LogP contribution in [0.3, 0.4) is 0 Å². The van der Waals surface area contributed by atoms with Crippen molar-refractivity contribution in [2.75, 3.05) is 6.61 Å². The summed E-state index contributed by atoms with van der Waals surface area (Å²) in [5.74, 6) is 1.36. The van der Waals surface area contributed by atoms with E-state index in [1.165, 1.54) is 4.80 Å². The monoisotopic (exact) mass is 255 g/mol. The first-order valence-electron chi connectivity index (χ1n) is 6.10. The van der Waals surface area contributed by atoms with E-state index in [4.69, 9.17) is 4.74 Å². The summed E-state index contributed by atoms with van der Waals surface area (Å²) < 4.78 is 5.61. The minimum atomic E-state index is -0.627. The first-order valence-corrected chi connectivity index (χ1v) is 6.10. The Bertz CT molecular complexity index is 644. The molecular formula is C13H13N5O. The molecule has 2 heterocycles. The molecular weight excluding hydrogens is 242 g/mol. The van der Waals surface area contributed by atoms with Gasteiger partial charge in [-0.3, -0.25) is 0 Å². The number of nitrogens with zero attached hydrogens (tertiary/aromatic N) is 5. The Morgan fingerprint density at radius 3 is 3.05 bits per heavy atom. The normalized spacial score (nSPS) is 21.3. The van der Waals surface area contributed by atoms with Crippen LogP contribution in [0.5, 0.6) is 5.75 Å². The Balaban J connectivity index is 2.03. The van der Waals surface area contributed by atoms with Gasteiger partial charge in [0.1, 0.15) is 5.75 Å². The number of hydrogen-bond acceptors (Lipinski definition) is 5.